The second-order valence-corrected chi connectivity index (χ2v) is 6.52. The largest absolute Gasteiger partial charge is 0.385 e. The third kappa shape index (κ3) is 6.90. The third-order valence-electron chi connectivity index (χ3n) is 3.70. The topological polar surface area (TPSA) is 76.4 Å². The molecule has 0 fully saturated rings. The van der Waals surface area contributed by atoms with Crippen molar-refractivity contribution in [2.75, 3.05) is 20.3 Å². The number of nitrogens with one attached hydrogen (secondary N) is 2. The van der Waals surface area contributed by atoms with Crippen LogP contribution in [0.2, 0.25) is 0 Å². The number of aliphatic imine (C=N–C) groups is 1. The van der Waals surface area contributed by atoms with Crippen molar-refractivity contribution in [1.82, 2.24) is 25.4 Å². The highest BCUT2D eigenvalue weighted by Gasteiger charge is 2.10. The van der Waals surface area contributed by atoms with Gasteiger partial charge in [-0.15, -0.1) is 45.5 Å². The van der Waals surface area contributed by atoms with Gasteiger partial charge >= 0.3 is 0 Å². The van der Waals surface area contributed by atoms with Crippen LogP contribution in [-0.4, -0.2) is 41.0 Å². The Kier molecular flexibility index (Phi) is 9.98. The van der Waals surface area contributed by atoms with E-state index < -0.39 is 0 Å². The molecule has 0 aliphatic heterocycles. The Hall–Kier alpha value is -1.20. The lowest BCUT2D eigenvalue weighted by Crippen LogP contribution is -2.39. The predicted molar refractivity (Wildman–Crippen MR) is 113 cm³/mol. The molecule has 0 radical (unpaired) electrons. The van der Waals surface area contributed by atoms with Gasteiger partial charge in [0.25, 0.3) is 0 Å². The van der Waals surface area contributed by atoms with Gasteiger partial charge in [-0.2, -0.15) is 0 Å². The number of aromatic nitrogens is 3. The van der Waals surface area contributed by atoms with Gasteiger partial charge in [0.1, 0.15) is 12.4 Å². The van der Waals surface area contributed by atoms with Gasteiger partial charge < -0.3 is 19.9 Å². The van der Waals surface area contributed by atoms with Gasteiger partial charge in [-0.1, -0.05) is 6.07 Å². The highest BCUT2D eigenvalue weighted by molar-refractivity contribution is 14.0. The van der Waals surface area contributed by atoms with Crippen LogP contribution in [-0.2, 0) is 18.3 Å². The number of thiophene rings is 1. The van der Waals surface area contributed by atoms with Gasteiger partial charge in [0, 0.05) is 32.2 Å². The molecule has 2 aromatic heterocycles. The lowest BCUT2D eigenvalue weighted by Gasteiger charge is -2.17. The maximum absolute atomic E-state index is 5.09. The Balaban J connectivity index is 0.00000312. The Morgan fingerprint density at radius 3 is 2.84 bits per heavy atom. The number of halogens is 1. The van der Waals surface area contributed by atoms with E-state index in [2.05, 4.69) is 50.3 Å². The Morgan fingerprint density at radius 2 is 2.24 bits per heavy atom. The molecule has 7 nitrogen and oxygen atoms in total. The summed E-state index contributed by atoms with van der Waals surface area (Å²) in [6, 6.07) is 4.38. The minimum absolute atomic E-state index is 0. The van der Waals surface area contributed by atoms with Crippen LogP contribution in [0.1, 0.15) is 35.9 Å². The first kappa shape index (κ1) is 21.8. The molecule has 0 saturated carbocycles. The maximum atomic E-state index is 5.09. The molecule has 2 heterocycles. The van der Waals surface area contributed by atoms with Crippen molar-refractivity contribution in [1.29, 1.82) is 0 Å². The van der Waals surface area contributed by atoms with Crippen molar-refractivity contribution in [3.63, 3.8) is 0 Å². The summed E-state index contributed by atoms with van der Waals surface area (Å²) in [7, 11) is 3.66. The Morgan fingerprint density at radius 1 is 1.44 bits per heavy atom. The minimum atomic E-state index is 0. The number of ether oxygens (including phenoxy) is 1. The lowest BCUT2D eigenvalue weighted by molar-refractivity contribution is 0.195. The highest BCUT2D eigenvalue weighted by atomic mass is 127. The molecule has 0 aliphatic rings. The van der Waals surface area contributed by atoms with Gasteiger partial charge in [0.2, 0.25) is 0 Å². The van der Waals surface area contributed by atoms with E-state index in [0.29, 0.717) is 6.54 Å². The monoisotopic (exact) mass is 478 g/mol. The van der Waals surface area contributed by atoms with Crippen LogP contribution in [0.5, 0.6) is 0 Å². The SMILES string of the molecule is COCCCNC(=NCc1nnc(C)n1C)NC(C)c1cccs1.I. The zero-order chi connectivity index (χ0) is 17.4. The number of rotatable bonds is 8. The van der Waals surface area contributed by atoms with Crippen molar-refractivity contribution < 1.29 is 4.74 Å². The van der Waals surface area contributed by atoms with E-state index in [-0.39, 0.29) is 30.0 Å². The Labute approximate surface area is 170 Å². The average Bonchev–Trinajstić information content (AvgIpc) is 3.21. The quantitative estimate of drug-likeness (QED) is 0.264. The molecule has 0 aromatic carbocycles. The summed E-state index contributed by atoms with van der Waals surface area (Å²) < 4.78 is 7.04. The summed E-state index contributed by atoms with van der Waals surface area (Å²) in [6.45, 7) is 6.07. The molecule has 9 heteroatoms. The smallest absolute Gasteiger partial charge is 0.192 e. The minimum Gasteiger partial charge on any atom is -0.385 e. The van der Waals surface area contributed by atoms with Crippen LogP contribution >= 0.6 is 35.3 Å². The maximum Gasteiger partial charge on any atom is 0.192 e. The van der Waals surface area contributed by atoms with Crippen molar-refractivity contribution >= 4 is 41.3 Å². The molecular weight excluding hydrogens is 451 g/mol. The van der Waals surface area contributed by atoms with E-state index in [0.717, 1.165) is 37.2 Å². The number of methoxy groups -OCH3 is 1. The molecule has 0 saturated heterocycles. The second kappa shape index (κ2) is 11.4. The summed E-state index contributed by atoms with van der Waals surface area (Å²) in [6.07, 6.45) is 0.924. The second-order valence-electron chi connectivity index (χ2n) is 5.54. The fraction of sp³-hybridized carbons (Fsp3) is 0.562. The van der Waals surface area contributed by atoms with Crippen LogP contribution < -0.4 is 10.6 Å². The fourth-order valence-corrected chi connectivity index (χ4v) is 2.86. The van der Waals surface area contributed by atoms with Crippen molar-refractivity contribution in [3.05, 3.63) is 34.0 Å². The van der Waals surface area contributed by atoms with Gasteiger partial charge in [-0.3, -0.25) is 0 Å². The van der Waals surface area contributed by atoms with E-state index in [1.807, 2.05) is 18.5 Å². The number of guanidine groups is 1. The predicted octanol–water partition coefficient (Wildman–Crippen LogP) is 2.64. The van der Waals surface area contributed by atoms with Crippen LogP contribution in [0.4, 0.5) is 0 Å². The Bertz CT molecular complexity index is 643. The van der Waals surface area contributed by atoms with Crippen molar-refractivity contribution in [2.45, 2.75) is 32.9 Å². The first-order valence-corrected chi connectivity index (χ1v) is 8.92. The normalized spacial score (nSPS) is 12.6. The summed E-state index contributed by atoms with van der Waals surface area (Å²) in [5.41, 5.74) is 0. The standard InChI is InChI=1S/C16H26N6OS.HI/c1-12(14-7-5-10-24-14)19-16(17-8-6-9-23-4)18-11-15-21-20-13(2)22(15)3;/h5,7,10,12H,6,8-9,11H2,1-4H3,(H2,17,18,19);1H. The van der Waals surface area contributed by atoms with E-state index in [4.69, 9.17) is 4.74 Å². The fourth-order valence-electron chi connectivity index (χ4n) is 2.13. The van der Waals surface area contributed by atoms with Gasteiger partial charge in [-0.05, 0) is 31.7 Å². The van der Waals surface area contributed by atoms with E-state index in [1.54, 1.807) is 18.4 Å². The molecular formula is C16H27IN6OS. The zero-order valence-corrected chi connectivity index (χ0v) is 18.3. The number of hydrogen-bond donors (Lipinski definition) is 2. The number of hydrogen-bond acceptors (Lipinski definition) is 5. The molecule has 0 amide bonds. The first-order chi connectivity index (χ1) is 11.6. The summed E-state index contributed by atoms with van der Waals surface area (Å²) >= 11 is 1.73. The highest BCUT2D eigenvalue weighted by Crippen LogP contribution is 2.17. The molecule has 1 atom stereocenters. The molecule has 25 heavy (non-hydrogen) atoms. The summed E-state index contributed by atoms with van der Waals surface area (Å²) in [5.74, 6) is 2.50. The van der Waals surface area contributed by atoms with Crippen LogP contribution in [0.3, 0.4) is 0 Å². The average molecular weight is 478 g/mol. The zero-order valence-electron chi connectivity index (χ0n) is 15.2. The van der Waals surface area contributed by atoms with Gasteiger partial charge in [-0.25, -0.2) is 4.99 Å². The van der Waals surface area contributed by atoms with Crippen molar-refractivity contribution in [3.8, 4) is 0 Å². The van der Waals surface area contributed by atoms with E-state index in [1.165, 1.54) is 4.88 Å². The molecule has 0 aliphatic carbocycles. The number of aryl methyl sites for hydroxylation is 1. The van der Waals surface area contributed by atoms with Crippen molar-refractivity contribution in [2.24, 2.45) is 12.0 Å². The number of nitrogens with zero attached hydrogens (tertiary/aromatic N) is 4. The lowest BCUT2D eigenvalue weighted by atomic mass is 10.3. The summed E-state index contributed by atoms with van der Waals surface area (Å²) in [5, 5.41) is 17.1. The molecule has 2 rings (SSSR count). The molecule has 140 valence electrons. The van der Waals surface area contributed by atoms with Gasteiger partial charge in [0.05, 0.1) is 6.04 Å². The van der Waals surface area contributed by atoms with E-state index >= 15 is 0 Å². The van der Waals surface area contributed by atoms with Crippen LogP contribution in [0, 0.1) is 6.92 Å². The molecule has 0 bridgehead atoms. The van der Waals surface area contributed by atoms with Crippen LogP contribution in [0.25, 0.3) is 0 Å². The molecule has 0 spiro atoms. The molecule has 2 aromatic rings. The molecule has 2 N–H and O–H groups in total. The van der Waals surface area contributed by atoms with Crippen LogP contribution in [0.15, 0.2) is 22.5 Å². The molecule has 1 unspecified atom stereocenters. The first-order valence-electron chi connectivity index (χ1n) is 8.04. The van der Waals surface area contributed by atoms with E-state index in [9.17, 15) is 0 Å². The summed E-state index contributed by atoms with van der Waals surface area (Å²) in [4.78, 5) is 5.92. The van der Waals surface area contributed by atoms with Gasteiger partial charge in [0.15, 0.2) is 11.8 Å². The third-order valence-corrected chi connectivity index (χ3v) is 4.76.